The first kappa shape index (κ1) is 81.4. The van der Waals surface area contributed by atoms with Crippen molar-refractivity contribution in [3.05, 3.63) is 488 Å². The molecule has 0 fully saturated rings. The van der Waals surface area contributed by atoms with E-state index in [2.05, 4.69) is 327 Å². The van der Waals surface area contributed by atoms with Crippen LogP contribution in [0.15, 0.2) is 478 Å². The van der Waals surface area contributed by atoms with E-state index in [1.807, 2.05) is 182 Å². The maximum atomic E-state index is 7.23. The van der Waals surface area contributed by atoms with Gasteiger partial charge in [0.25, 0.3) is 0 Å². The van der Waals surface area contributed by atoms with Gasteiger partial charge in [-0.25, -0.2) is 0 Å². The number of nitrogens with one attached hydrogen (secondary N) is 1. The van der Waals surface area contributed by atoms with Crippen LogP contribution in [0.1, 0.15) is 14.9 Å². The average Bonchev–Trinajstić information content (AvgIpc) is 0.816. The van der Waals surface area contributed by atoms with E-state index in [-0.39, 0.29) is 14.9 Å². The molecule has 6 nitrogen and oxygen atoms in total. The summed E-state index contributed by atoms with van der Waals surface area (Å²) >= 11 is 17.2. The van der Waals surface area contributed by atoms with Gasteiger partial charge in [-0.05, 0) is 253 Å². The van der Waals surface area contributed by atoms with Gasteiger partial charge < -0.3 is 29.5 Å². The van der Waals surface area contributed by atoms with E-state index in [4.69, 9.17) is 32.7 Å². The summed E-state index contributed by atoms with van der Waals surface area (Å²) in [7, 11) is 0. The maximum Gasteiger partial charge on any atom is 0.148 e. The highest BCUT2D eigenvalue weighted by atomic mass is 79.9. The summed E-state index contributed by atoms with van der Waals surface area (Å²) in [5, 5.41) is 4.36. The van der Waals surface area contributed by atoms with Crippen LogP contribution in [-0.4, -0.2) is 0 Å². The summed E-state index contributed by atoms with van der Waals surface area (Å²) in [4.78, 5) is 6.65. The number of para-hydroxylation sites is 6. The summed E-state index contributed by atoms with van der Waals surface area (Å²) in [6, 6.07) is 163. The number of anilines is 11. The maximum absolute atomic E-state index is 7.23. The number of nitrogens with zero attached hydrogens (tertiary/aromatic N) is 3. The Morgan fingerprint density at radius 3 is 0.782 bits per heavy atom. The first-order valence-corrected chi connectivity index (χ1v) is 40.3. The van der Waals surface area contributed by atoms with Crippen molar-refractivity contribution in [3.8, 4) is 89.8 Å². The molecule has 18 aromatic rings. The highest BCUT2D eigenvalue weighted by molar-refractivity contribution is 9.10. The second-order valence-electron chi connectivity index (χ2n) is 27.7. The van der Waals surface area contributed by atoms with Crippen LogP contribution in [-0.2, 0) is 0 Å². The molecule has 18 aromatic carbocycles. The molecule has 0 unspecified atom stereocenters. The highest BCUT2D eigenvalue weighted by Crippen LogP contribution is 2.47. The molecule has 0 atom stereocenters. The lowest BCUT2D eigenvalue weighted by molar-refractivity contribution is 0.482. The van der Waals surface area contributed by atoms with Crippen molar-refractivity contribution in [1.29, 1.82) is 0 Å². The molecule has 0 saturated carbocycles. The number of ether oxygens (including phenoxy) is 2. The molecule has 580 valence electrons. The third-order valence-corrected chi connectivity index (χ3v) is 21.5. The molecule has 0 aliphatic carbocycles. The second kappa shape index (κ2) is 39.9. The first-order valence-electron chi connectivity index (χ1n) is 38.7. The monoisotopic (exact) mass is 1640 g/mol. The molecule has 9 heteroatoms. The van der Waals surface area contributed by atoms with Gasteiger partial charge in [-0.15, -0.1) is 0 Å². The molecular formula is C110H87BrCl2N4O2. The quantitative estimate of drug-likeness (QED) is 0.0773. The highest BCUT2D eigenvalue weighted by Gasteiger charge is 2.22. The van der Waals surface area contributed by atoms with Gasteiger partial charge in [0.15, 0.2) is 0 Å². The predicted octanol–water partition coefficient (Wildman–Crippen LogP) is 34.1. The first-order chi connectivity index (χ1) is 57.7. The third kappa shape index (κ3) is 20.4. The normalized spacial score (nSPS) is 10.5. The molecule has 18 rings (SSSR count). The lowest BCUT2D eigenvalue weighted by atomic mass is 9.96. The molecule has 0 saturated heterocycles. The Kier molecular flexibility index (Phi) is 27.3. The molecule has 0 heterocycles. The Morgan fingerprint density at radius 2 is 0.437 bits per heavy atom. The number of benzene rings is 18. The standard InChI is InChI=1S/C54H39ClN2O.C42H29BrClNO.C12H11N.2CH4/c55-54-52(57(47-27-9-3-10-28-47)48-29-11-4-12-30-48)34-17-35-53(54)58-51-33-16-32-50(39-51)56(46-25-7-2-8-26-46)49-31-15-24-45(38-49)44-23-14-22-43(37-44)42-21-13-20-41(36-42)40-18-5-1-6-19-40;43-40-24-11-25-41(42(40)44)46-39-23-10-22-38(29-39)45(36-19-5-2-6-20-36)37-21-9-18-35(28-37)34-17-8-16-33(27-34)32-15-7-14-31(26-32)30-12-3-1-4-13-30;1-3-7-11(8-4-1)13-12-9-5-2-6-10-12;;/h1-39H;1-29H;1-10,13H;2*1H4. The molecule has 0 amide bonds. The van der Waals surface area contributed by atoms with Crippen molar-refractivity contribution < 1.29 is 9.47 Å². The largest absolute Gasteiger partial charge is 0.456 e. The molecule has 0 aliphatic rings. The molecule has 0 aromatic heterocycles. The fraction of sp³-hybridized carbons (Fsp3) is 0.0182. The van der Waals surface area contributed by atoms with E-state index in [0.717, 1.165) is 89.3 Å². The SMILES string of the molecule is C.C.Clc1c(Br)cccc1Oc1cccc(N(c2ccccc2)c2cccc(-c3cccc(-c4cccc(-c5ccccc5)c4)c3)c2)c1.Clc1c(Oc2cccc(N(c3ccccc3)c3cccc(-c4cccc(-c5cccc(-c6ccccc6)c5)c4)c3)c2)cccc1N(c1ccccc1)c1ccccc1.c1ccc(Nc2ccccc2)cc1. The van der Waals surface area contributed by atoms with E-state index in [9.17, 15) is 0 Å². The number of rotatable bonds is 21. The summed E-state index contributed by atoms with van der Waals surface area (Å²) in [6.45, 7) is 0. The minimum absolute atomic E-state index is 0. The average molecular weight is 1650 g/mol. The fourth-order valence-electron chi connectivity index (χ4n) is 14.2. The minimum atomic E-state index is 0. The van der Waals surface area contributed by atoms with Crippen LogP contribution in [0.2, 0.25) is 10.0 Å². The van der Waals surface area contributed by atoms with Crippen molar-refractivity contribution in [2.75, 3.05) is 20.0 Å². The molecule has 0 spiro atoms. The summed E-state index contributed by atoms with van der Waals surface area (Å²) in [5.41, 5.74) is 25.2. The van der Waals surface area contributed by atoms with E-state index >= 15 is 0 Å². The zero-order valence-electron chi connectivity index (χ0n) is 63.8. The number of halogens is 3. The fourth-order valence-corrected chi connectivity index (χ4v) is 15.0. The van der Waals surface area contributed by atoms with Gasteiger partial charge in [-0.3, -0.25) is 0 Å². The molecule has 119 heavy (non-hydrogen) atoms. The smallest absolute Gasteiger partial charge is 0.148 e. The lowest BCUT2D eigenvalue weighted by Crippen LogP contribution is -2.10. The van der Waals surface area contributed by atoms with Gasteiger partial charge in [0.1, 0.15) is 28.0 Å². The van der Waals surface area contributed by atoms with Crippen molar-refractivity contribution in [2.45, 2.75) is 14.9 Å². The Bertz CT molecular complexity index is 6220. The van der Waals surface area contributed by atoms with Crippen LogP contribution in [0.5, 0.6) is 23.0 Å². The Morgan fingerprint density at radius 1 is 0.202 bits per heavy atom. The van der Waals surface area contributed by atoms with Crippen LogP contribution >= 0.6 is 39.1 Å². The van der Waals surface area contributed by atoms with E-state index in [0.29, 0.717) is 33.0 Å². The summed E-state index contributed by atoms with van der Waals surface area (Å²) < 4.78 is 13.7. The van der Waals surface area contributed by atoms with E-state index in [1.165, 1.54) is 44.5 Å². The van der Waals surface area contributed by atoms with Crippen LogP contribution in [0, 0.1) is 0 Å². The van der Waals surface area contributed by atoms with Gasteiger partial charge in [-0.2, -0.15) is 0 Å². The van der Waals surface area contributed by atoms with Crippen LogP contribution in [0.4, 0.5) is 62.6 Å². The van der Waals surface area contributed by atoms with Crippen LogP contribution in [0.25, 0.3) is 66.8 Å². The van der Waals surface area contributed by atoms with Gasteiger partial charge >= 0.3 is 0 Å². The van der Waals surface area contributed by atoms with Crippen molar-refractivity contribution in [2.24, 2.45) is 0 Å². The minimum Gasteiger partial charge on any atom is -0.456 e. The van der Waals surface area contributed by atoms with Crippen molar-refractivity contribution in [3.63, 3.8) is 0 Å². The third-order valence-electron chi connectivity index (χ3n) is 19.8. The zero-order chi connectivity index (χ0) is 79.3. The van der Waals surface area contributed by atoms with Gasteiger partial charge in [-0.1, -0.05) is 329 Å². The van der Waals surface area contributed by atoms with Crippen molar-refractivity contribution >= 4 is 102 Å². The lowest BCUT2D eigenvalue weighted by Gasteiger charge is -2.27. The van der Waals surface area contributed by atoms with Crippen LogP contribution < -0.4 is 29.5 Å². The van der Waals surface area contributed by atoms with E-state index < -0.39 is 0 Å². The summed E-state index contributed by atoms with van der Waals surface area (Å²) in [5.74, 6) is 2.52. The Labute approximate surface area is 718 Å². The summed E-state index contributed by atoms with van der Waals surface area (Å²) in [6.07, 6.45) is 0. The number of hydrogen-bond acceptors (Lipinski definition) is 6. The predicted molar refractivity (Wildman–Crippen MR) is 510 cm³/mol. The molecule has 0 aliphatic heterocycles. The molecule has 1 N–H and O–H groups in total. The topological polar surface area (TPSA) is 40.2 Å². The van der Waals surface area contributed by atoms with Gasteiger partial charge in [0.05, 0.1) is 10.7 Å². The Balaban J connectivity index is 0.000000170. The zero-order valence-corrected chi connectivity index (χ0v) is 66.9. The van der Waals surface area contributed by atoms with Gasteiger partial charge in [0, 0.05) is 73.5 Å². The molecule has 0 radical (unpaired) electrons. The van der Waals surface area contributed by atoms with Crippen LogP contribution in [0.3, 0.4) is 0 Å². The molecule has 0 bridgehead atoms. The van der Waals surface area contributed by atoms with Crippen molar-refractivity contribution in [1.82, 2.24) is 0 Å². The number of hydrogen-bond donors (Lipinski definition) is 1. The van der Waals surface area contributed by atoms with E-state index in [1.54, 1.807) is 0 Å². The Hall–Kier alpha value is -14.2. The second-order valence-corrected chi connectivity index (χ2v) is 29.3. The van der Waals surface area contributed by atoms with Gasteiger partial charge in [0.2, 0.25) is 0 Å². The molecular weight excluding hydrogens is 1560 g/mol.